The minimum absolute atomic E-state index is 0.105. The molecule has 0 N–H and O–H groups in total. The van der Waals surface area contributed by atoms with Crippen molar-refractivity contribution in [2.24, 2.45) is 0 Å². The van der Waals surface area contributed by atoms with Crippen molar-refractivity contribution >= 4 is 54.4 Å². The van der Waals surface area contributed by atoms with E-state index in [0.717, 1.165) is 0 Å². The van der Waals surface area contributed by atoms with Gasteiger partial charge in [0, 0.05) is 0 Å². The normalized spacial score (nSPS) is 13.1. The van der Waals surface area contributed by atoms with E-state index in [1.165, 1.54) is 28.1 Å². The van der Waals surface area contributed by atoms with Crippen LogP contribution >= 0.6 is 31.9 Å². The van der Waals surface area contributed by atoms with Crippen LogP contribution in [0.3, 0.4) is 0 Å². The predicted octanol–water partition coefficient (Wildman–Crippen LogP) is 4.00. The van der Waals surface area contributed by atoms with Crippen LogP contribution in [0.15, 0.2) is 30.3 Å². The van der Waals surface area contributed by atoms with Crippen molar-refractivity contribution in [2.75, 3.05) is 0 Å². The van der Waals surface area contributed by atoms with Gasteiger partial charge in [-0.25, -0.2) is 0 Å². The Hall–Kier alpha value is 0.979. The van der Waals surface area contributed by atoms with Crippen LogP contribution in [0.4, 0.5) is 0 Å². The fraction of sp³-hybridized carbons (Fsp3) is 0.400. The van der Waals surface area contributed by atoms with Crippen molar-refractivity contribution in [3.63, 3.8) is 0 Å². The first-order chi connectivity index (χ1) is 5.86. The molecule has 1 rings (SSSR count). The van der Waals surface area contributed by atoms with E-state index in [1.54, 1.807) is 0 Å². The molecule has 0 aliphatic carbocycles. The fourth-order valence-electron chi connectivity index (χ4n) is 1.01. The number of benzene rings is 1. The van der Waals surface area contributed by atoms with E-state index in [9.17, 15) is 0 Å². The Morgan fingerprint density at radius 2 is 1.54 bits per heavy atom. The van der Waals surface area contributed by atoms with Gasteiger partial charge in [0.05, 0.1) is 0 Å². The molecule has 0 atom stereocenters. The molecule has 0 saturated carbocycles. The van der Waals surface area contributed by atoms with Gasteiger partial charge < -0.3 is 0 Å². The number of hydrogen-bond donors (Lipinski definition) is 0. The molecule has 0 saturated heterocycles. The first kappa shape index (κ1) is 12.1. The topological polar surface area (TPSA) is 0 Å². The average Bonchev–Trinajstić information content (AvgIpc) is 2.04. The zero-order valence-electron chi connectivity index (χ0n) is 7.64. The third-order valence-corrected chi connectivity index (χ3v) is 7.98. The quantitative estimate of drug-likeness (QED) is 0.512. The molecule has 0 aromatic heterocycles. The van der Waals surface area contributed by atoms with Crippen LogP contribution in [-0.4, -0.2) is 22.5 Å². The van der Waals surface area contributed by atoms with Gasteiger partial charge in [0.2, 0.25) is 0 Å². The summed E-state index contributed by atoms with van der Waals surface area (Å²) in [5, 5.41) is 0. The summed E-state index contributed by atoms with van der Waals surface area (Å²) >= 11 is 9.00. The molecule has 0 aliphatic heterocycles. The van der Waals surface area contributed by atoms with Crippen LogP contribution in [-0.2, 0) is 3.23 Å². The summed E-state index contributed by atoms with van der Waals surface area (Å²) in [6.07, 6.45) is 0. The Morgan fingerprint density at radius 1 is 1.08 bits per heavy atom. The molecule has 3 heteroatoms. The molecule has 0 bridgehead atoms. The van der Waals surface area contributed by atoms with Gasteiger partial charge >= 0.3 is 111 Å². The second-order valence-corrected chi connectivity index (χ2v) is 10.6. The predicted molar refractivity (Wildman–Crippen MR) is 65.8 cm³/mol. The Balaban J connectivity index is 3.08. The molecule has 0 amide bonds. The monoisotopic (exact) mass is 409 g/mol. The van der Waals surface area contributed by atoms with Gasteiger partial charge in [-0.2, -0.15) is 0 Å². The zero-order valence-corrected chi connectivity index (χ0v) is 13.7. The van der Waals surface area contributed by atoms with E-state index in [0.29, 0.717) is 0 Å². The maximum absolute atomic E-state index is 3.75. The Labute approximate surface area is 110 Å². The van der Waals surface area contributed by atoms with Crippen molar-refractivity contribution < 1.29 is 0 Å². The third kappa shape index (κ3) is 2.72. The molecule has 1 aromatic carbocycles. The molecule has 0 aliphatic rings. The number of halogens is 2. The minimum atomic E-state index is -0.105. The summed E-state index contributed by atoms with van der Waals surface area (Å²) in [6.45, 7) is 4.48. The van der Waals surface area contributed by atoms with E-state index in [-0.39, 0.29) is 6.66 Å². The van der Waals surface area contributed by atoms with Crippen molar-refractivity contribution in [1.29, 1.82) is 0 Å². The summed E-state index contributed by atoms with van der Waals surface area (Å²) in [7, 11) is 0. The van der Waals surface area contributed by atoms with E-state index < -0.39 is 0 Å². The summed E-state index contributed by atoms with van der Waals surface area (Å²) < 4.78 is 0.119. The van der Waals surface area contributed by atoms with Gasteiger partial charge in [-0.1, -0.05) is 0 Å². The SMILES string of the molecule is C[C](C)([Sn+3])C(Br)(Br)c1ccccc1. The number of rotatable bonds is 2. The fourth-order valence-corrected chi connectivity index (χ4v) is 1.95. The van der Waals surface area contributed by atoms with Gasteiger partial charge in [0.15, 0.2) is 0 Å². The number of hydrogen-bond acceptors (Lipinski definition) is 0. The van der Waals surface area contributed by atoms with Crippen LogP contribution in [0, 0.1) is 0 Å². The molecule has 0 fully saturated rings. The first-order valence-corrected chi connectivity index (χ1v) is 7.05. The summed E-state index contributed by atoms with van der Waals surface area (Å²) in [5.74, 6) is 0. The molecule has 0 spiro atoms. The molecule has 0 radical (unpaired) electrons. The van der Waals surface area contributed by atoms with Crippen LogP contribution in [0.25, 0.3) is 0 Å². The van der Waals surface area contributed by atoms with E-state index >= 15 is 0 Å². The van der Waals surface area contributed by atoms with Crippen LogP contribution in [0.2, 0.25) is 3.43 Å². The van der Waals surface area contributed by atoms with Gasteiger partial charge in [0.1, 0.15) is 0 Å². The second-order valence-electron chi connectivity index (χ2n) is 3.57. The molecule has 13 heavy (non-hydrogen) atoms. The molecular formula is C10H11Br2Sn+3. The first-order valence-electron chi connectivity index (χ1n) is 4.04. The third-order valence-electron chi connectivity index (χ3n) is 1.92. The van der Waals surface area contributed by atoms with Crippen LogP contribution in [0.5, 0.6) is 0 Å². The summed E-state index contributed by atoms with van der Waals surface area (Å²) in [6, 6.07) is 10.4. The molecular weight excluding hydrogens is 399 g/mol. The second kappa shape index (κ2) is 4.23. The van der Waals surface area contributed by atoms with Gasteiger partial charge in [-0.05, 0) is 0 Å². The van der Waals surface area contributed by atoms with Gasteiger partial charge in [-0.3, -0.25) is 0 Å². The maximum atomic E-state index is 3.75. The summed E-state index contributed by atoms with van der Waals surface area (Å²) in [4.78, 5) is 0. The van der Waals surface area contributed by atoms with Gasteiger partial charge in [0.25, 0.3) is 0 Å². The molecule has 66 valence electrons. The molecule has 0 unspecified atom stereocenters. The molecule has 1 aromatic rings. The van der Waals surface area contributed by atoms with Crippen molar-refractivity contribution in [3.05, 3.63) is 35.9 Å². The molecule has 0 heterocycles. The Bertz CT molecular complexity index is 275. The average molecular weight is 410 g/mol. The van der Waals surface area contributed by atoms with E-state index in [4.69, 9.17) is 0 Å². The number of alkyl halides is 2. The molecule has 0 nitrogen and oxygen atoms in total. The van der Waals surface area contributed by atoms with Crippen molar-refractivity contribution in [3.8, 4) is 0 Å². The summed E-state index contributed by atoms with van der Waals surface area (Å²) in [5.41, 5.74) is 1.27. The standard InChI is InChI=1S/C10H11Br2.Sn/c1-8(2)10(11,12)9-6-4-3-5-7-9;/h3-7H,1-2H3;/q;+3. The zero-order chi connectivity index (χ0) is 10.1. The van der Waals surface area contributed by atoms with E-state index in [2.05, 4.69) is 70.0 Å². The van der Waals surface area contributed by atoms with Crippen molar-refractivity contribution in [2.45, 2.75) is 20.5 Å². The van der Waals surface area contributed by atoms with E-state index in [1.807, 2.05) is 6.07 Å². The van der Waals surface area contributed by atoms with Crippen LogP contribution in [0.1, 0.15) is 19.4 Å². The Morgan fingerprint density at radius 3 is 1.92 bits per heavy atom. The van der Waals surface area contributed by atoms with Crippen LogP contribution < -0.4 is 0 Å². The van der Waals surface area contributed by atoms with Gasteiger partial charge in [-0.15, -0.1) is 0 Å². The Kier molecular flexibility index (Phi) is 3.92. The van der Waals surface area contributed by atoms with Crippen molar-refractivity contribution in [1.82, 2.24) is 0 Å².